The Labute approximate surface area is 119 Å². The largest absolute Gasteiger partial charge is 0.464 e. The van der Waals surface area contributed by atoms with Gasteiger partial charge < -0.3 is 9.84 Å². The van der Waals surface area contributed by atoms with E-state index in [4.69, 9.17) is 4.74 Å². The zero-order valence-electron chi connectivity index (χ0n) is 11.7. The fourth-order valence-corrected chi connectivity index (χ4v) is 2.12. The maximum absolute atomic E-state index is 11.4. The minimum absolute atomic E-state index is 0. The van der Waals surface area contributed by atoms with Crippen molar-refractivity contribution in [2.75, 3.05) is 6.61 Å². The van der Waals surface area contributed by atoms with E-state index in [9.17, 15) is 9.90 Å². The molecule has 0 amide bonds. The molecule has 0 fully saturated rings. The van der Waals surface area contributed by atoms with Gasteiger partial charge in [0.05, 0.1) is 6.61 Å². The van der Waals surface area contributed by atoms with E-state index in [1.807, 2.05) is 34.6 Å². The molecule has 0 spiro atoms. The summed E-state index contributed by atoms with van der Waals surface area (Å²) in [5.74, 6) is -0.540. The standard InChI is InChI=1S/C12H25NO3.CH4.H2S/c1-7-16-12(15)11(14)10(6)13(8(2)3)9(4)5;;/h8-11,14H,7H2,1-6H3;1H4;1H2/t10-,11+;;/m1../s1. The second-order valence-corrected chi connectivity index (χ2v) is 4.57. The summed E-state index contributed by atoms with van der Waals surface area (Å²) >= 11 is 0. The third-order valence-corrected chi connectivity index (χ3v) is 2.65. The Balaban J connectivity index is -0.00000112. The fraction of sp³-hybridized carbons (Fsp3) is 0.923. The number of hydrogen-bond donors (Lipinski definition) is 1. The molecule has 5 heteroatoms. The number of aliphatic hydroxyl groups excluding tert-OH is 1. The highest BCUT2D eigenvalue weighted by Gasteiger charge is 2.31. The molecular formula is C13H31NO3S. The van der Waals surface area contributed by atoms with Gasteiger partial charge in [-0.25, -0.2) is 4.79 Å². The second-order valence-electron chi connectivity index (χ2n) is 4.57. The predicted octanol–water partition coefficient (Wildman–Crippen LogP) is 2.17. The lowest BCUT2D eigenvalue weighted by Gasteiger charge is -2.37. The van der Waals surface area contributed by atoms with Crippen molar-refractivity contribution in [2.24, 2.45) is 0 Å². The van der Waals surface area contributed by atoms with Crippen molar-refractivity contribution < 1.29 is 14.6 Å². The van der Waals surface area contributed by atoms with Gasteiger partial charge in [-0.1, -0.05) is 7.43 Å². The normalized spacial score (nSPS) is 13.9. The van der Waals surface area contributed by atoms with Gasteiger partial charge in [0.15, 0.2) is 6.10 Å². The maximum Gasteiger partial charge on any atom is 0.336 e. The summed E-state index contributed by atoms with van der Waals surface area (Å²) in [4.78, 5) is 13.5. The van der Waals surface area contributed by atoms with Crippen molar-refractivity contribution in [3.05, 3.63) is 0 Å². The molecule has 0 rings (SSSR count). The monoisotopic (exact) mass is 281 g/mol. The first-order valence-corrected chi connectivity index (χ1v) is 5.95. The number of nitrogens with zero attached hydrogens (tertiary/aromatic N) is 1. The first kappa shape index (κ1) is 22.9. The van der Waals surface area contributed by atoms with Gasteiger partial charge in [0.2, 0.25) is 0 Å². The van der Waals surface area contributed by atoms with Crippen LogP contribution < -0.4 is 0 Å². The molecule has 0 aliphatic heterocycles. The molecule has 0 aliphatic rings. The van der Waals surface area contributed by atoms with Gasteiger partial charge >= 0.3 is 5.97 Å². The summed E-state index contributed by atoms with van der Waals surface area (Å²) in [5, 5.41) is 9.87. The van der Waals surface area contributed by atoms with Crippen LogP contribution in [0.5, 0.6) is 0 Å². The number of ether oxygens (including phenoxy) is 1. The Morgan fingerprint density at radius 1 is 1.17 bits per heavy atom. The van der Waals surface area contributed by atoms with Crippen molar-refractivity contribution in [3.8, 4) is 0 Å². The summed E-state index contributed by atoms with van der Waals surface area (Å²) in [6.45, 7) is 12.1. The van der Waals surface area contributed by atoms with Crippen molar-refractivity contribution >= 4 is 19.5 Å². The van der Waals surface area contributed by atoms with Gasteiger partial charge in [-0.3, -0.25) is 4.90 Å². The van der Waals surface area contributed by atoms with Crippen LogP contribution in [0.3, 0.4) is 0 Å². The highest BCUT2D eigenvalue weighted by atomic mass is 32.1. The third-order valence-electron chi connectivity index (χ3n) is 2.65. The number of rotatable bonds is 6. The van der Waals surface area contributed by atoms with E-state index < -0.39 is 12.1 Å². The average Bonchev–Trinajstić information content (AvgIpc) is 2.15. The summed E-state index contributed by atoms with van der Waals surface area (Å²) in [5.41, 5.74) is 0. The Morgan fingerprint density at radius 2 is 1.56 bits per heavy atom. The van der Waals surface area contributed by atoms with Crippen molar-refractivity contribution in [3.63, 3.8) is 0 Å². The fourth-order valence-electron chi connectivity index (χ4n) is 2.12. The molecule has 0 bridgehead atoms. The molecule has 1 N–H and O–H groups in total. The van der Waals surface area contributed by atoms with Gasteiger partial charge in [-0.05, 0) is 41.5 Å². The molecule has 0 aliphatic carbocycles. The average molecular weight is 281 g/mol. The van der Waals surface area contributed by atoms with Crippen molar-refractivity contribution in [2.45, 2.75) is 73.2 Å². The van der Waals surface area contributed by atoms with Crippen LogP contribution in [0.15, 0.2) is 0 Å². The lowest BCUT2D eigenvalue weighted by atomic mass is 10.1. The van der Waals surface area contributed by atoms with Crippen LogP contribution in [-0.2, 0) is 9.53 Å². The quantitative estimate of drug-likeness (QED) is 0.758. The molecule has 0 saturated carbocycles. The zero-order chi connectivity index (χ0) is 12.9. The molecule has 0 heterocycles. The van der Waals surface area contributed by atoms with Crippen LogP contribution in [0.2, 0.25) is 0 Å². The van der Waals surface area contributed by atoms with E-state index in [2.05, 4.69) is 4.90 Å². The van der Waals surface area contributed by atoms with E-state index in [1.54, 1.807) is 6.92 Å². The molecule has 0 saturated heterocycles. The SMILES string of the molecule is C.CCOC(=O)[C@@H](O)[C@@H](C)N(C(C)C)C(C)C.S. The Bertz CT molecular complexity index is 214. The Kier molecular flexibility index (Phi) is 13.5. The Hall–Kier alpha value is -0.260. The minimum Gasteiger partial charge on any atom is -0.464 e. The summed E-state index contributed by atoms with van der Waals surface area (Å²) in [7, 11) is 0. The number of aliphatic hydroxyl groups is 1. The van der Waals surface area contributed by atoms with Crippen LogP contribution >= 0.6 is 13.5 Å². The molecule has 18 heavy (non-hydrogen) atoms. The van der Waals surface area contributed by atoms with E-state index in [-0.39, 0.29) is 39.0 Å². The third kappa shape index (κ3) is 6.61. The van der Waals surface area contributed by atoms with Crippen LogP contribution in [-0.4, -0.2) is 46.8 Å². The van der Waals surface area contributed by atoms with Crippen molar-refractivity contribution in [1.82, 2.24) is 4.90 Å². The first-order chi connectivity index (χ1) is 7.32. The Morgan fingerprint density at radius 3 is 1.83 bits per heavy atom. The number of carbonyl (C=O) groups excluding carboxylic acids is 1. The first-order valence-electron chi connectivity index (χ1n) is 5.95. The van der Waals surface area contributed by atoms with Crippen LogP contribution in [0.1, 0.15) is 49.0 Å². The van der Waals surface area contributed by atoms with Gasteiger partial charge in [-0.2, -0.15) is 13.5 Å². The van der Waals surface area contributed by atoms with Gasteiger partial charge in [0.25, 0.3) is 0 Å². The molecule has 2 atom stereocenters. The predicted molar refractivity (Wildman–Crippen MR) is 81.3 cm³/mol. The maximum atomic E-state index is 11.4. The number of esters is 1. The van der Waals surface area contributed by atoms with Crippen LogP contribution in [0.25, 0.3) is 0 Å². The lowest BCUT2D eigenvalue weighted by molar-refractivity contribution is -0.157. The van der Waals surface area contributed by atoms with Crippen LogP contribution in [0, 0.1) is 0 Å². The molecule has 0 aromatic carbocycles. The lowest BCUT2D eigenvalue weighted by Crippen LogP contribution is -2.51. The molecule has 0 aromatic rings. The van der Waals surface area contributed by atoms with E-state index in [1.165, 1.54) is 0 Å². The van der Waals surface area contributed by atoms with E-state index in [0.29, 0.717) is 6.61 Å². The molecule has 4 nitrogen and oxygen atoms in total. The van der Waals surface area contributed by atoms with Gasteiger partial charge in [-0.15, -0.1) is 0 Å². The molecule has 0 unspecified atom stereocenters. The van der Waals surface area contributed by atoms with Gasteiger partial charge in [0, 0.05) is 18.1 Å². The molecule has 0 aromatic heterocycles. The highest BCUT2D eigenvalue weighted by molar-refractivity contribution is 7.59. The van der Waals surface area contributed by atoms with Gasteiger partial charge in [0.1, 0.15) is 0 Å². The second kappa shape index (κ2) is 10.6. The number of hydrogen-bond acceptors (Lipinski definition) is 4. The minimum atomic E-state index is -1.08. The highest BCUT2D eigenvalue weighted by Crippen LogP contribution is 2.14. The smallest absolute Gasteiger partial charge is 0.336 e. The number of carbonyl (C=O) groups is 1. The zero-order valence-corrected chi connectivity index (χ0v) is 12.7. The van der Waals surface area contributed by atoms with Crippen LogP contribution in [0.4, 0.5) is 0 Å². The molecule has 0 radical (unpaired) electrons. The topological polar surface area (TPSA) is 49.8 Å². The summed E-state index contributed by atoms with van der Waals surface area (Å²) < 4.78 is 4.82. The molecule has 112 valence electrons. The summed E-state index contributed by atoms with van der Waals surface area (Å²) in [6.07, 6.45) is -1.08. The van der Waals surface area contributed by atoms with E-state index in [0.717, 1.165) is 0 Å². The van der Waals surface area contributed by atoms with Crippen molar-refractivity contribution in [1.29, 1.82) is 0 Å². The van der Waals surface area contributed by atoms with E-state index >= 15 is 0 Å². The molecular weight excluding hydrogens is 250 g/mol. The summed E-state index contributed by atoms with van der Waals surface area (Å²) in [6, 6.07) is 0.317.